The highest BCUT2D eigenvalue weighted by Crippen LogP contribution is 2.32. The van der Waals surface area contributed by atoms with Crippen LogP contribution in [-0.2, 0) is 25.5 Å². The molecule has 1 aromatic rings. The fourth-order valence-electron chi connectivity index (χ4n) is 2.94. The molecule has 3 N–H and O–H groups in total. The Bertz CT molecular complexity index is 942. The van der Waals surface area contributed by atoms with E-state index in [1.54, 1.807) is 59.7 Å². The highest BCUT2D eigenvalue weighted by Gasteiger charge is 2.27. The molecule has 0 saturated heterocycles. The third-order valence-electron chi connectivity index (χ3n) is 4.05. The maximum atomic E-state index is 12.3. The van der Waals surface area contributed by atoms with Gasteiger partial charge in [-0.1, -0.05) is 6.07 Å². The first-order valence-electron chi connectivity index (χ1n) is 10.4. The van der Waals surface area contributed by atoms with Gasteiger partial charge in [-0.25, -0.2) is 14.6 Å². The molecule has 0 bridgehead atoms. The lowest BCUT2D eigenvalue weighted by Crippen LogP contribution is -2.47. The van der Waals surface area contributed by atoms with Gasteiger partial charge in [0.05, 0.1) is 5.69 Å². The molecule has 1 heterocycles. The smallest absolute Gasteiger partial charge is 0.414 e. The van der Waals surface area contributed by atoms with E-state index in [9.17, 15) is 19.2 Å². The number of aliphatic carboxylic acids is 1. The molecule has 3 amide bonds. The van der Waals surface area contributed by atoms with Crippen molar-refractivity contribution in [2.45, 2.75) is 65.6 Å². The Hall–Kier alpha value is -3.63. The number of carboxylic acids is 1. The van der Waals surface area contributed by atoms with Gasteiger partial charge in [0.1, 0.15) is 17.6 Å². The lowest BCUT2D eigenvalue weighted by molar-refractivity contribution is -0.140. The Kier molecular flexibility index (Phi) is 7.68. The van der Waals surface area contributed by atoms with Crippen molar-refractivity contribution in [3.05, 3.63) is 23.8 Å². The molecular formula is C22H30N4O7. The first-order chi connectivity index (χ1) is 15.1. The van der Waals surface area contributed by atoms with E-state index in [1.807, 2.05) is 0 Å². The van der Waals surface area contributed by atoms with Crippen LogP contribution in [0.25, 0.3) is 0 Å². The summed E-state index contributed by atoms with van der Waals surface area (Å²) in [7, 11) is 0. The summed E-state index contributed by atoms with van der Waals surface area (Å²) in [5.74, 6) is -1.99. The van der Waals surface area contributed by atoms with Crippen LogP contribution < -0.4 is 15.5 Å². The van der Waals surface area contributed by atoms with Crippen LogP contribution in [0.3, 0.4) is 0 Å². The predicted molar refractivity (Wildman–Crippen MR) is 121 cm³/mol. The topological polar surface area (TPSA) is 147 Å². The van der Waals surface area contributed by atoms with Gasteiger partial charge in [0.15, 0.2) is 0 Å². The molecule has 0 fully saturated rings. The summed E-state index contributed by atoms with van der Waals surface area (Å²) in [6.07, 6.45) is -1.73. The van der Waals surface area contributed by atoms with Crippen molar-refractivity contribution in [3.63, 3.8) is 0 Å². The maximum absolute atomic E-state index is 12.3. The third-order valence-corrected chi connectivity index (χ3v) is 4.05. The van der Waals surface area contributed by atoms with Crippen molar-refractivity contribution in [2.75, 3.05) is 11.4 Å². The minimum atomic E-state index is -1.21. The molecule has 0 unspecified atom stereocenters. The molecule has 0 aliphatic carbocycles. The summed E-state index contributed by atoms with van der Waals surface area (Å²) in [6.45, 7) is 10.5. The molecule has 33 heavy (non-hydrogen) atoms. The second-order valence-electron chi connectivity index (χ2n) is 9.39. The normalized spacial score (nSPS) is 13.0. The largest absolute Gasteiger partial charge is 0.481 e. The van der Waals surface area contributed by atoms with E-state index >= 15 is 0 Å². The predicted octanol–water partition coefficient (Wildman–Crippen LogP) is 3.09. The van der Waals surface area contributed by atoms with Crippen molar-refractivity contribution < 1.29 is 33.8 Å². The lowest BCUT2D eigenvalue weighted by Gasteiger charge is -2.22. The SMILES string of the molecule is CC(C)(C)OC(=O)NC(=Nc1ccc2c(c1)N(C(=O)CC(=O)O)CC2)NC(=O)OC(C)(C)C. The summed E-state index contributed by atoms with van der Waals surface area (Å²) >= 11 is 0. The van der Waals surface area contributed by atoms with Crippen molar-refractivity contribution >= 4 is 41.4 Å². The van der Waals surface area contributed by atoms with Crippen molar-refractivity contribution in [1.82, 2.24) is 10.6 Å². The molecular weight excluding hydrogens is 432 g/mol. The average molecular weight is 463 g/mol. The van der Waals surface area contributed by atoms with E-state index in [1.165, 1.54) is 4.90 Å². The summed E-state index contributed by atoms with van der Waals surface area (Å²) < 4.78 is 10.4. The van der Waals surface area contributed by atoms with Gasteiger partial charge in [-0.2, -0.15) is 0 Å². The minimum absolute atomic E-state index is 0.236. The number of carbonyl (C=O) groups is 4. The Labute approximate surface area is 192 Å². The van der Waals surface area contributed by atoms with Gasteiger partial charge < -0.3 is 19.5 Å². The number of ether oxygens (including phenoxy) is 2. The van der Waals surface area contributed by atoms with Crippen LogP contribution in [-0.4, -0.2) is 52.9 Å². The zero-order valence-corrected chi connectivity index (χ0v) is 19.6. The number of carbonyl (C=O) groups excluding carboxylic acids is 3. The average Bonchev–Trinajstić information content (AvgIpc) is 3.00. The standard InChI is InChI=1S/C22H30N4O7/c1-21(2,3)32-19(30)24-18(25-20(31)33-22(4,5)6)23-14-8-7-13-9-10-26(15(13)11-14)16(27)12-17(28)29/h7-8,11H,9-10,12H2,1-6H3,(H,28,29)(H2,23,24,25,30,31). The Balaban J connectivity index is 2.32. The molecule has 1 aliphatic heterocycles. The van der Waals surface area contributed by atoms with Crippen LogP contribution in [0.4, 0.5) is 21.0 Å². The van der Waals surface area contributed by atoms with Crippen LogP contribution in [0.5, 0.6) is 0 Å². The zero-order valence-electron chi connectivity index (χ0n) is 19.6. The molecule has 0 saturated carbocycles. The molecule has 1 aromatic carbocycles. The number of anilines is 1. The molecule has 0 atom stereocenters. The monoisotopic (exact) mass is 462 g/mol. The van der Waals surface area contributed by atoms with E-state index < -0.39 is 41.7 Å². The maximum Gasteiger partial charge on any atom is 0.414 e. The van der Waals surface area contributed by atoms with Crippen LogP contribution in [0.1, 0.15) is 53.5 Å². The van der Waals surface area contributed by atoms with Gasteiger partial charge in [0.2, 0.25) is 11.9 Å². The second kappa shape index (κ2) is 9.88. The van der Waals surface area contributed by atoms with Crippen molar-refractivity contribution in [1.29, 1.82) is 0 Å². The summed E-state index contributed by atoms with van der Waals surface area (Å²) in [4.78, 5) is 53.3. The van der Waals surface area contributed by atoms with E-state index in [4.69, 9.17) is 14.6 Å². The number of fused-ring (bicyclic) bond motifs is 1. The van der Waals surface area contributed by atoms with Gasteiger partial charge in [-0.15, -0.1) is 0 Å². The first-order valence-corrected chi connectivity index (χ1v) is 10.4. The van der Waals surface area contributed by atoms with Crippen molar-refractivity contribution in [3.8, 4) is 0 Å². The molecule has 0 radical (unpaired) electrons. The Morgan fingerprint density at radius 2 is 1.55 bits per heavy atom. The van der Waals surface area contributed by atoms with Gasteiger partial charge in [0, 0.05) is 12.2 Å². The number of hydrogen-bond donors (Lipinski definition) is 3. The number of amides is 3. The summed E-state index contributed by atoms with van der Waals surface area (Å²) in [5, 5.41) is 13.7. The Morgan fingerprint density at radius 1 is 1.00 bits per heavy atom. The van der Waals surface area contributed by atoms with Gasteiger partial charge in [0.25, 0.3) is 0 Å². The number of hydrogen-bond acceptors (Lipinski definition) is 7. The van der Waals surface area contributed by atoms with Crippen LogP contribution in [0, 0.1) is 0 Å². The van der Waals surface area contributed by atoms with Crippen LogP contribution >= 0.6 is 0 Å². The number of guanidine groups is 1. The molecule has 11 nitrogen and oxygen atoms in total. The Morgan fingerprint density at radius 3 is 2.03 bits per heavy atom. The number of alkyl carbamates (subject to hydrolysis) is 2. The highest BCUT2D eigenvalue weighted by atomic mass is 16.6. The van der Waals surface area contributed by atoms with E-state index in [0.29, 0.717) is 24.3 Å². The van der Waals surface area contributed by atoms with E-state index in [0.717, 1.165) is 5.56 Å². The van der Waals surface area contributed by atoms with Crippen LogP contribution in [0.2, 0.25) is 0 Å². The second-order valence-corrected chi connectivity index (χ2v) is 9.39. The number of aliphatic imine (C=N–C) groups is 1. The fraction of sp³-hybridized carbons (Fsp3) is 0.500. The van der Waals surface area contributed by atoms with Crippen LogP contribution in [0.15, 0.2) is 23.2 Å². The summed E-state index contributed by atoms with van der Waals surface area (Å²) in [5.41, 5.74) is 0.135. The van der Waals surface area contributed by atoms with Gasteiger partial charge in [-0.05, 0) is 65.7 Å². The van der Waals surface area contributed by atoms with Gasteiger partial charge in [-0.3, -0.25) is 20.2 Å². The highest BCUT2D eigenvalue weighted by molar-refractivity contribution is 6.05. The first kappa shape index (κ1) is 25.6. The summed E-state index contributed by atoms with van der Waals surface area (Å²) in [6, 6.07) is 4.98. The number of carboxylic acid groups (broad SMARTS) is 1. The van der Waals surface area contributed by atoms with E-state index in [2.05, 4.69) is 15.6 Å². The quantitative estimate of drug-likeness (QED) is 0.355. The number of nitrogens with one attached hydrogen (secondary N) is 2. The number of nitrogens with zero attached hydrogens (tertiary/aromatic N) is 2. The molecule has 11 heteroatoms. The molecule has 0 spiro atoms. The number of benzene rings is 1. The van der Waals surface area contributed by atoms with E-state index in [-0.39, 0.29) is 5.96 Å². The molecule has 180 valence electrons. The fourth-order valence-corrected chi connectivity index (χ4v) is 2.94. The number of rotatable bonds is 3. The lowest BCUT2D eigenvalue weighted by atomic mass is 10.1. The van der Waals surface area contributed by atoms with Gasteiger partial charge >= 0.3 is 18.2 Å². The third kappa shape index (κ3) is 8.43. The zero-order chi connectivity index (χ0) is 25.0. The molecule has 1 aliphatic rings. The minimum Gasteiger partial charge on any atom is -0.481 e. The molecule has 0 aromatic heterocycles. The molecule has 2 rings (SSSR count). The van der Waals surface area contributed by atoms with Crippen molar-refractivity contribution in [2.24, 2.45) is 4.99 Å².